The molecule has 0 fully saturated rings. The van der Waals surface area contributed by atoms with E-state index in [4.69, 9.17) is 21.7 Å². The van der Waals surface area contributed by atoms with Crippen molar-refractivity contribution >= 4 is 71.8 Å². The second kappa shape index (κ2) is 11.3. The predicted molar refractivity (Wildman–Crippen MR) is 134 cm³/mol. The van der Waals surface area contributed by atoms with Crippen LogP contribution in [0.1, 0.15) is 5.56 Å². The minimum absolute atomic E-state index is 0.0614. The topological polar surface area (TPSA) is 88.7 Å². The average Bonchev–Trinajstić information content (AvgIpc) is 2.76. The minimum Gasteiger partial charge on any atom is -0.484 e. The summed E-state index contributed by atoms with van der Waals surface area (Å²) in [5, 5.41) is 4.34. The molecule has 0 aromatic heterocycles. The number of nitrogens with one attached hydrogen (secondary N) is 3. The van der Waals surface area contributed by atoms with Crippen LogP contribution >= 0.6 is 44.1 Å². The van der Waals surface area contributed by atoms with Crippen molar-refractivity contribution in [2.75, 3.05) is 13.2 Å². The number of amides is 2. The molecule has 10 heteroatoms. The molecule has 2 amide bonds. The van der Waals surface area contributed by atoms with Crippen molar-refractivity contribution in [1.29, 1.82) is 0 Å². The highest BCUT2D eigenvalue weighted by Crippen LogP contribution is 2.34. The third kappa shape index (κ3) is 6.91. The number of hydrogen-bond donors (Lipinski definition) is 3. The first-order chi connectivity index (χ1) is 15.3. The zero-order valence-electron chi connectivity index (χ0n) is 16.9. The highest BCUT2D eigenvalue weighted by molar-refractivity contribution is 9.11. The molecule has 3 rings (SSSR count). The van der Waals surface area contributed by atoms with Crippen molar-refractivity contribution in [3.8, 4) is 11.5 Å². The Balaban J connectivity index is 1.41. The van der Waals surface area contributed by atoms with Gasteiger partial charge in [0.15, 0.2) is 18.3 Å². The van der Waals surface area contributed by atoms with E-state index in [-0.39, 0.29) is 18.3 Å². The molecule has 3 aromatic rings. The molecule has 0 unspecified atom stereocenters. The maximum Gasteiger partial charge on any atom is 0.276 e. The van der Waals surface area contributed by atoms with Gasteiger partial charge in [0.2, 0.25) is 0 Å². The summed E-state index contributed by atoms with van der Waals surface area (Å²) in [6.45, 7) is 1.46. The van der Waals surface area contributed by atoms with Crippen molar-refractivity contribution < 1.29 is 19.1 Å². The first kappa shape index (κ1) is 24.0. The Kier molecular flexibility index (Phi) is 8.43. The number of carbonyl (C=O) groups excluding carboxylic acids is 2. The molecule has 0 bridgehead atoms. The van der Waals surface area contributed by atoms with Crippen LogP contribution in [-0.2, 0) is 9.59 Å². The van der Waals surface area contributed by atoms with Crippen LogP contribution < -0.4 is 25.6 Å². The lowest BCUT2D eigenvalue weighted by atomic mass is 10.1. The number of hydrazine groups is 1. The van der Waals surface area contributed by atoms with Gasteiger partial charge >= 0.3 is 0 Å². The van der Waals surface area contributed by atoms with Crippen molar-refractivity contribution in [1.82, 2.24) is 16.2 Å². The first-order valence-corrected chi connectivity index (χ1v) is 11.4. The molecule has 0 heterocycles. The summed E-state index contributed by atoms with van der Waals surface area (Å²) in [7, 11) is 0. The number of ether oxygens (including phenoxy) is 2. The van der Waals surface area contributed by atoms with E-state index in [1.165, 1.54) is 0 Å². The van der Waals surface area contributed by atoms with Crippen LogP contribution in [0.5, 0.6) is 11.5 Å². The van der Waals surface area contributed by atoms with Crippen molar-refractivity contribution in [2.24, 2.45) is 0 Å². The van der Waals surface area contributed by atoms with Gasteiger partial charge in [-0.3, -0.25) is 25.8 Å². The van der Waals surface area contributed by atoms with E-state index in [1.54, 1.807) is 12.1 Å². The molecule has 0 spiro atoms. The molecule has 0 aliphatic carbocycles. The molecule has 3 N–H and O–H groups in total. The van der Waals surface area contributed by atoms with Gasteiger partial charge < -0.3 is 9.47 Å². The Morgan fingerprint density at radius 2 is 1.72 bits per heavy atom. The lowest BCUT2D eigenvalue weighted by molar-refractivity contribution is -0.124. The molecule has 7 nitrogen and oxygen atoms in total. The van der Waals surface area contributed by atoms with Gasteiger partial charge in [0.25, 0.3) is 11.8 Å². The van der Waals surface area contributed by atoms with Crippen LogP contribution in [0, 0.1) is 6.92 Å². The molecular weight excluding hydrogens is 562 g/mol. The number of benzene rings is 3. The number of hydrogen-bond acceptors (Lipinski definition) is 5. The monoisotopic (exact) mass is 579 g/mol. The number of thiocarbonyl (C=S) groups is 1. The van der Waals surface area contributed by atoms with E-state index in [9.17, 15) is 9.59 Å². The van der Waals surface area contributed by atoms with E-state index < -0.39 is 11.8 Å². The van der Waals surface area contributed by atoms with Gasteiger partial charge in [0, 0.05) is 4.47 Å². The molecule has 0 atom stereocenters. The van der Waals surface area contributed by atoms with Gasteiger partial charge in [0.05, 0.1) is 4.47 Å². The normalized spacial score (nSPS) is 10.3. The Hall–Kier alpha value is -2.69. The quantitative estimate of drug-likeness (QED) is 0.300. The molecule has 166 valence electrons. The summed E-state index contributed by atoms with van der Waals surface area (Å²) < 4.78 is 12.7. The standard InChI is InChI=1S/C22H19Br2N3O4S/c1-13-3-2-4-16(9-13)30-11-19(28)25-22(32)27-26-20(29)12-31-18-8-5-14-10-15(23)6-7-17(14)21(18)24/h2-10H,11-12H2,1H3,(H,26,29)(H2,25,27,28,32). The smallest absolute Gasteiger partial charge is 0.276 e. The molecule has 3 aromatic carbocycles. The zero-order valence-corrected chi connectivity index (χ0v) is 20.9. The number of halogens is 2. The van der Waals surface area contributed by atoms with Gasteiger partial charge in [-0.2, -0.15) is 0 Å². The fraction of sp³-hybridized carbons (Fsp3) is 0.136. The summed E-state index contributed by atoms with van der Waals surface area (Å²) in [4.78, 5) is 24.0. The van der Waals surface area contributed by atoms with Crippen LogP contribution in [0.25, 0.3) is 10.8 Å². The van der Waals surface area contributed by atoms with E-state index in [1.807, 2.05) is 49.4 Å². The number of fused-ring (bicyclic) bond motifs is 1. The summed E-state index contributed by atoms with van der Waals surface area (Å²) in [6.07, 6.45) is 0. The van der Waals surface area contributed by atoms with Crippen LogP contribution in [0.4, 0.5) is 0 Å². The van der Waals surface area contributed by atoms with E-state index in [2.05, 4.69) is 48.0 Å². The Morgan fingerprint density at radius 1 is 0.938 bits per heavy atom. The molecule has 0 aliphatic rings. The summed E-state index contributed by atoms with van der Waals surface area (Å²) >= 11 is 12.0. The van der Waals surface area contributed by atoms with Gasteiger partial charge in [-0.05, 0) is 81.7 Å². The maximum absolute atomic E-state index is 12.1. The maximum atomic E-state index is 12.1. The number of carbonyl (C=O) groups is 2. The molecule has 0 radical (unpaired) electrons. The molecule has 0 saturated carbocycles. The van der Waals surface area contributed by atoms with Crippen LogP contribution in [-0.4, -0.2) is 30.1 Å². The van der Waals surface area contributed by atoms with Crippen LogP contribution in [0.2, 0.25) is 0 Å². The number of aryl methyl sites for hydroxylation is 1. The molecule has 32 heavy (non-hydrogen) atoms. The van der Waals surface area contributed by atoms with Crippen molar-refractivity contribution in [3.05, 3.63) is 69.1 Å². The summed E-state index contributed by atoms with van der Waals surface area (Å²) in [5.41, 5.74) is 5.85. The number of rotatable bonds is 6. The van der Waals surface area contributed by atoms with Crippen LogP contribution in [0.3, 0.4) is 0 Å². The summed E-state index contributed by atoms with van der Waals surface area (Å²) in [5.74, 6) is 0.178. The highest BCUT2D eigenvalue weighted by Gasteiger charge is 2.10. The van der Waals surface area contributed by atoms with Crippen molar-refractivity contribution in [2.45, 2.75) is 6.92 Å². The lowest BCUT2D eigenvalue weighted by Gasteiger charge is -2.13. The molecule has 0 aliphatic heterocycles. The third-order valence-corrected chi connectivity index (χ3v) is 5.68. The van der Waals surface area contributed by atoms with E-state index in [0.29, 0.717) is 11.5 Å². The van der Waals surface area contributed by atoms with Gasteiger partial charge in [0.1, 0.15) is 11.5 Å². The lowest BCUT2D eigenvalue weighted by Crippen LogP contribution is -2.50. The predicted octanol–water partition coefficient (Wildman–Crippen LogP) is 4.15. The largest absolute Gasteiger partial charge is 0.484 e. The molecule has 0 saturated heterocycles. The average molecular weight is 581 g/mol. The Bertz CT molecular complexity index is 1170. The van der Waals surface area contributed by atoms with Gasteiger partial charge in [-0.25, -0.2) is 0 Å². The van der Waals surface area contributed by atoms with Crippen molar-refractivity contribution in [3.63, 3.8) is 0 Å². The fourth-order valence-corrected chi connectivity index (χ4v) is 3.86. The first-order valence-electron chi connectivity index (χ1n) is 9.40. The SMILES string of the molecule is Cc1cccc(OCC(=O)NC(=S)NNC(=O)COc2ccc3cc(Br)ccc3c2Br)c1. The minimum atomic E-state index is -0.472. The molecular formula is C22H19Br2N3O4S. The van der Waals surface area contributed by atoms with Gasteiger partial charge in [-0.15, -0.1) is 0 Å². The Morgan fingerprint density at radius 3 is 2.50 bits per heavy atom. The highest BCUT2D eigenvalue weighted by atomic mass is 79.9. The zero-order chi connectivity index (χ0) is 23.1. The van der Waals surface area contributed by atoms with E-state index >= 15 is 0 Å². The fourth-order valence-electron chi connectivity index (χ4n) is 2.71. The van der Waals surface area contributed by atoms with E-state index in [0.717, 1.165) is 25.3 Å². The Labute approximate surface area is 207 Å². The second-order valence-electron chi connectivity index (χ2n) is 6.69. The van der Waals surface area contributed by atoms with Gasteiger partial charge in [-0.1, -0.05) is 40.2 Å². The third-order valence-electron chi connectivity index (χ3n) is 4.17. The second-order valence-corrected chi connectivity index (χ2v) is 8.80. The summed E-state index contributed by atoms with van der Waals surface area (Å²) in [6, 6.07) is 16.9. The van der Waals surface area contributed by atoms with Crippen LogP contribution in [0.15, 0.2) is 63.5 Å².